The number of carbonyl (C=O) groups excluding carboxylic acids is 1. The van der Waals surface area contributed by atoms with Gasteiger partial charge in [-0.25, -0.2) is 14.8 Å². The molecule has 8 nitrogen and oxygen atoms in total. The molecule has 3 aromatic rings. The molecule has 1 spiro atoms. The van der Waals surface area contributed by atoms with Gasteiger partial charge in [0.1, 0.15) is 11.1 Å². The molecule has 3 aromatic heterocycles. The maximum absolute atomic E-state index is 12.3. The van der Waals surface area contributed by atoms with Crippen molar-refractivity contribution in [2.45, 2.75) is 44.8 Å². The van der Waals surface area contributed by atoms with Crippen LogP contribution in [0.3, 0.4) is 0 Å². The molecule has 0 bridgehead atoms. The molecule has 0 saturated carbocycles. The molecule has 1 saturated heterocycles. The van der Waals surface area contributed by atoms with Gasteiger partial charge in [0.15, 0.2) is 5.65 Å². The third-order valence-corrected chi connectivity index (χ3v) is 5.38. The molecule has 5 heterocycles. The highest BCUT2D eigenvalue weighted by molar-refractivity contribution is 5.76. The number of fused-ring (bicyclic) bond motifs is 3. The Morgan fingerprint density at radius 3 is 2.71 bits per heavy atom. The average molecular weight is 378 g/mol. The fourth-order valence-corrected chi connectivity index (χ4v) is 4.06. The van der Waals surface area contributed by atoms with Crippen LogP contribution in [0.5, 0.6) is 0 Å². The molecule has 2 aliphatic heterocycles. The average Bonchev–Trinajstić information content (AvgIpc) is 3.17. The number of hydrogen-bond acceptors (Lipinski definition) is 6. The van der Waals surface area contributed by atoms with E-state index >= 15 is 0 Å². The standard InChI is InChI=1S/C20H22N6O2/c1-19(2,3)28-18(27)25-11-20(12-25)4-7-26-16(20)9-14(24-26)13-8-15-17(23-10-13)22-6-5-21-15/h5-6,8-10H,4,7,11-12H2,1-3H3. The molecule has 0 aromatic carbocycles. The van der Waals surface area contributed by atoms with Crippen molar-refractivity contribution < 1.29 is 9.53 Å². The Hall–Kier alpha value is -3.03. The molecule has 2 aliphatic rings. The number of carbonyl (C=O) groups is 1. The number of nitrogens with zero attached hydrogens (tertiary/aromatic N) is 6. The Balaban J connectivity index is 1.39. The van der Waals surface area contributed by atoms with E-state index in [-0.39, 0.29) is 11.5 Å². The number of amides is 1. The smallest absolute Gasteiger partial charge is 0.410 e. The van der Waals surface area contributed by atoms with Gasteiger partial charge >= 0.3 is 6.09 Å². The largest absolute Gasteiger partial charge is 0.444 e. The summed E-state index contributed by atoms with van der Waals surface area (Å²) in [6, 6.07) is 4.09. The molecular formula is C20H22N6O2. The van der Waals surface area contributed by atoms with Gasteiger partial charge in [0.25, 0.3) is 0 Å². The van der Waals surface area contributed by atoms with E-state index < -0.39 is 5.60 Å². The Bertz CT molecular complexity index is 1080. The molecule has 5 rings (SSSR count). The van der Waals surface area contributed by atoms with Gasteiger partial charge in [-0.1, -0.05) is 0 Å². The Labute approximate surface area is 162 Å². The molecule has 1 fully saturated rings. The number of likely N-dealkylation sites (tertiary alicyclic amines) is 1. The minimum atomic E-state index is -0.476. The van der Waals surface area contributed by atoms with E-state index in [9.17, 15) is 4.79 Å². The summed E-state index contributed by atoms with van der Waals surface area (Å²) in [7, 11) is 0. The van der Waals surface area contributed by atoms with E-state index in [1.165, 1.54) is 5.69 Å². The lowest BCUT2D eigenvalue weighted by Gasteiger charge is -2.47. The lowest BCUT2D eigenvalue weighted by atomic mass is 9.76. The van der Waals surface area contributed by atoms with Gasteiger partial charge in [-0.05, 0) is 39.3 Å². The Morgan fingerprint density at radius 1 is 1.14 bits per heavy atom. The monoisotopic (exact) mass is 378 g/mol. The summed E-state index contributed by atoms with van der Waals surface area (Å²) in [5, 5.41) is 4.77. The second-order valence-corrected chi connectivity index (χ2v) is 8.63. The number of aromatic nitrogens is 5. The number of hydrogen-bond donors (Lipinski definition) is 0. The lowest BCUT2D eigenvalue weighted by Crippen LogP contribution is -2.61. The van der Waals surface area contributed by atoms with E-state index in [4.69, 9.17) is 9.84 Å². The third-order valence-electron chi connectivity index (χ3n) is 5.38. The van der Waals surface area contributed by atoms with Crippen molar-refractivity contribution in [2.75, 3.05) is 13.1 Å². The van der Waals surface area contributed by atoms with E-state index in [2.05, 4.69) is 25.7 Å². The molecule has 0 aliphatic carbocycles. The third kappa shape index (κ3) is 2.71. The number of pyridine rings is 1. The first kappa shape index (κ1) is 17.1. The zero-order valence-electron chi connectivity index (χ0n) is 16.2. The first-order valence-corrected chi connectivity index (χ1v) is 9.46. The van der Waals surface area contributed by atoms with Gasteiger partial charge in [0, 0.05) is 54.9 Å². The van der Waals surface area contributed by atoms with Crippen LogP contribution < -0.4 is 0 Å². The molecule has 0 radical (unpaired) electrons. The van der Waals surface area contributed by atoms with Crippen molar-refractivity contribution >= 4 is 17.3 Å². The number of ether oxygens (including phenoxy) is 1. The summed E-state index contributed by atoms with van der Waals surface area (Å²) in [6.45, 7) is 7.87. The molecular weight excluding hydrogens is 356 g/mol. The summed E-state index contributed by atoms with van der Waals surface area (Å²) >= 11 is 0. The van der Waals surface area contributed by atoms with Crippen LogP contribution in [0.25, 0.3) is 22.4 Å². The summed E-state index contributed by atoms with van der Waals surface area (Å²) in [5.41, 5.74) is 3.87. The van der Waals surface area contributed by atoms with Crippen LogP contribution in [-0.4, -0.2) is 54.4 Å². The summed E-state index contributed by atoms with van der Waals surface area (Å²) in [4.78, 5) is 27.0. The predicted molar refractivity (Wildman–Crippen MR) is 103 cm³/mol. The highest BCUT2D eigenvalue weighted by Gasteiger charge is 2.52. The first-order chi connectivity index (χ1) is 13.3. The zero-order chi connectivity index (χ0) is 19.5. The van der Waals surface area contributed by atoms with Crippen LogP contribution in [0.4, 0.5) is 4.79 Å². The van der Waals surface area contributed by atoms with Crippen molar-refractivity contribution in [3.05, 3.63) is 36.4 Å². The fourth-order valence-electron chi connectivity index (χ4n) is 4.06. The van der Waals surface area contributed by atoms with E-state index in [1.807, 2.05) is 26.8 Å². The maximum atomic E-state index is 12.3. The van der Waals surface area contributed by atoms with Gasteiger partial charge in [0.05, 0.1) is 5.69 Å². The number of rotatable bonds is 1. The SMILES string of the molecule is CC(C)(C)OC(=O)N1CC2(CCn3nc(-c4cnc5nccnc5c4)cc32)C1. The fraction of sp³-hybridized carbons (Fsp3) is 0.450. The summed E-state index contributed by atoms with van der Waals surface area (Å²) in [5.74, 6) is 0. The van der Waals surface area contributed by atoms with Crippen molar-refractivity contribution in [3.8, 4) is 11.3 Å². The highest BCUT2D eigenvalue weighted by Crippen LogP contribution is 2.44. The molecule has 0 unspecified atom stereocenters. The lowest BCUT2D eigenvalue weighted by molar-refractivity contribution is -0.00969. The van der Waals surface area contributed by atoms with Crippen LogP contribution in [0.2, 0.25) is 0 Å². The van der Waals surface area contributed by atoms with Gasteiger partial charge in [-0.3, -0.25) is 9.67 Å². The van der Waals surface area contributed by atoms with Crippen molar-refractivity contribution in [3.63, 3.8) is 0 Å². The highest BCUT2D eigenvalue weighted by atomic mass is 16.6. The van der Waals surface area contributed by atoms with Crippen LogP contribution in [-0.2, 0) is 16.7 Å². The summed E-state index contributed by atoms with van der Waals surface area (Å²) < 4.78 is 7.55. The van der Waals surface area contributed by atoms with Crippen LogP contribution in [0, 0.1) is 0 Å². The van der Waals surface area contributed by atoms with Crippen LogP contribution in [0.15, 0.2) is 30.7 Å². The second-order valence-electron chi connectivity index (χ2n) is 8.63. The van der Waals surface area contributed by atoms with Gasteiger partial charge in [0.2, 0.25) is 0 Å². The Morgan fingerprint density at radius 2 is 1.93 bits per heavy atom. The van der Waals surface area contributed by atoms with E-state index in [0.717, 1.165) is 29.7 Å². The molecule has 8 heteroatoms. The molecule has 144 valence electrons. The second kappa shape index (κ2) is 5.73. The van der Waals surface area contributed by atoms with Gasteiger partial charge in [-0.2, -0.15) is 5.10 Å². The van der Waals surface area contributed by atoms with Crippen molar-refractivity contribution in [1.29, 1.82) is 0 Å². The predicted octanol–water partition coefficient (Wildman–Crippen LogP) is 2.78. The molecule has 28 heavy (non-hydrogen) atoms. The topological polar surface area (TPSA) is 86.0 Å². The zero-order valence-corrected chi connectivity index (χ0v) is 16.2. The number of aryl methyl sites for hydroxylation is 1. The van der Waals surface area contributed by atoms with Crippen molar-refractivity contribution in [2.24, 2.45) is 0 Å². The van der Waals surface area contributed by atoms with Crippen molar-refractivity contribution in [1.82, 2.24) is 29.6 Å². The van der Waals surface area contributed by atoms with E-state index in [1.54, 1.807) is 23.5 Å². The normalized spacial score (nSPS) is 17.6. The minimum Gasteiger partial charge on any atom is -0.444 e. The quantitative estimate of drug-likeness (QED) is 0.647. The van der Waals surface area contributed by atoms with Gasteiger partial charge in [-0.15, -0.1) is 0 Å². The van der Waals surface area contributed by atoms with Crippen LogP contribution in [0.1, 0.15) is 32.9 Å². The molecule has 0 N–H and O–H groups in total. The first-order valence-electron chi connectivity index (χ1n) is 9.46. The molecule has 1 amide bonds. The van der Waals surface area contributed by atoms with E-state index in [0.29, 0.717) is 18.7 Å². The maximum Gasteiger partial charge on any atom is 0.410 e. The molecule has 0 atom stereocenters. The van der Waals surface area contributed by atoms with Crippen LogP contribution >= 0.6 is 0 Å². The van der Waals surface area contributed by atoms with Gasteiger partial charge < -0.3 is 9.64 Å². The Kier molecular flexibility index (Phi) is 3.50. The summed E-state index contributed by atoms with van der Waals surface area (Å²) in [6.07, 6.45) is 5.84. The minimum absolute atomic E-state index is 0.0216.